The van der Waals surface area contributed by atoms with Crippen molar-refractivity contribution in [1.82, 2.24) is 9.47 Å². The van der Waals surface area contributed by atoms with E-state index in [4.69, 9.17) is 0 Å². The molecule has 0 aromatic carbocycles. The van der Waals surface area contributed by atoms with Crippen molar-refractivity contribution in [2.75, 3.05) is 13.6 Å². The maximum atomic E-state index is 2.54. The summed E-state index contributed by atoms with van der Waals surface area (Å²) < 4.78 is 4.05. The van der Waals surface area contributed by atoms with Crippen LogP contribution >= 0.6 is 11.3 Å². The molecule has 0 amide bonds. The standard InChI is InChI=1S/C13H18N2S/c1-9(2)15-11-4-6-14(3)8-10(11)13-12(15)5-7-16-13/h5,7,9H,4,6,8H2,1-3H3. The zero-order valence-electron chi connectivity index (χ0n) is 10.2. The Morgan fingerprint density at radius 2 is 2.19 bits per heavy atom. The number of hydrogen-bond acceptors (Lipinski definition) is 2. The number of fused-ring (bicyclic) bond motifs is 3. The summed E-state index contributed by atoms with van der Waals surface area (Å²) in [6, 6.07) is 2.85. The summed E-state index contributed by atoms with van der Waals surface area (Å²) in [7, 11) is 2.22. The lowest BCUT2D eigenvalue weighted by Gasteiger charge is -2.25. The van der Waals surface area contributed by atoms with E-state index < -0.39 is 0 Å². The van der Waals surface area contributed by atoms with Crippen LogP contribution in [0.2, 0.25) is 0 Å². The van der Waals surface area contributed by atoms with Crippen molar-refractivity contribution in [3.05, 3.63) is 22.7 Å². The fourth-order valence-corrected chi connectivity index (χ4v) is 3.75. The van der Waals surface area contributed by atoms with Gasteiger partial charge in [-0.05, 0) is 32.3 Å². The molecule has 0 saturated carbocycles. The van der Waals surface area contributed by atoms with Gasteiger partial charge in [-0.3, -0.25) is 0 Å². The summed E-state index contributed by atoms with van der Waals surface area (Å²) in [6.45, 7) is 6.88. The van der Waals surface area contributed by atoms with Crippen molar-refractivity contribution >= 4 is 21.6 Å². The number of likely N-dealkylation sites (N-methyl/N-ethyl adjacent to an activating group) is 1. The highest BCUT2D eigenvalue weighted by atomic mass is 32.1. The third-order valence-corrected chi connectivity index (χ3v) is 4.46. The van der Waals surface area contributed by atoms with Gasteiger partial charge in [0.05, 0.1) is 10.2 Å². The van der Waals surface area contributed by atoms with Gasteiger partial charge in [-0.15, -0.1) is 11.3 Å². The number of rotatable bonds is 1. The highest BCUT2D eigenvalue weighted by Crippen LogP contribution is 2.36. The van der Waals surface area contributed by atoms with Crippen molar-refractivity contribution in [3.8, 4) is 0 Å². The Labute approximate surface area is 100 Å². The monoisotopic (exact) mass is 234 g/mol. The van der Waals surface area contributed by atoms with Crippen molar-refractivity contribution < 1.29 is 0 Å². The lowest BCUT2D eigenvalue weighted by atomic mass is 10.1. The van der Waals surface area contributed by atoms with Gasteiger partial charge in [0.15, 0.2) is 0 Å². The van der Waals surface area contributed by atoms with Crippen LogP contribution in [0.25, 0.3) is 10.2 Å². The molecule has 0 unspecified atom stereocenters. The van der Waals surface area contributed by atoms with Gasteiger partial charge in [-0.2, -0.15) is 0 Å². The van der Waals surface area contributed by atoms with Crippen molar-refractivity contribution in [1.29, 1.82) is 0 Å². The minimum absolute atomic E-state index is 0.573. The van der Waals surface area contributed by atoms with Crippen molar-refractivity contribution in [2.45, 2.75) is 32.9 Å². The van der Waals surface area contributed by atoms with E-state index in [-0.39, 0.29) is 0 Å². The first-order chi connectivity index (χ1) is 7.68. The predicted molar refractivity (Wildman–Crippen MR) is 70.2 cm³/mol. The molecule has 0 bridgehead atoms. The highest BCUT2D eigenvalue weighted by Gasteiger charge is 2.23. The van der Waals surface area contributed by atoms with E-state index >= 15 is 0 Å². The summed E-state index contributed by atoms with van der Waals surface area (Å²) in [5.41, 5.74) is 4.60. The largest absolute Gasteiger partial charge is 0.341 e. The van der Waals surface area contributed by atoms with E-state index in [0.29, 0.717) is 6.04 Å². The molecule has 3 rings (SSSR count). The molecule has 0 fully saturated rings. The van der Waals surface area contributed by atoms with Crippen LogP contribution in [0.1, 0.15) is 31.1 Å². The van der Waals surface area contributed by atoms with Gasteiger partial charge >= 0.3 is 0 Å². The summed E-state index contributed by atoms with van der Waals surface area (Å²) in [6.07, 6.45) is 1.20. The molecule has 2 aromatic heterocycles. The van der Waals surface area contributed by atoms with E-state index in [1.165, 1.54) is 23.2 Å². The summed E-state index contributed by atoms with van der Waals surface area (Å²) >= 11 is 1.89. The molecular formula is C13H18N2S. The molecule has 3 heterocycles. The smallest absolute Gasteiger partial charge is 0.0597 e. The van der Waals surface area contributed by atoms with E-state index in [1.807, 2.05) is 11.3 Å². The summed E-state index contributed by atoms with van der Waals surface area (Å²) in [5.74, 6) is 0. The second kappa shape index (κ2) is 3.60. The maximum absolute atomic E-state index is 2.54. The van der Waals surface area contributed by atoms with Gasteiger partial charge in [-0.1, -0.05) is 0 Å². The van der Waals surface area contributed by atoms with E-state index in [1.54, 1.807) is 11.3 Å². The van der Waals surface area contributed by atoms with Crippen LogP contribution in [-0.2, 0) is 13.0 Å². The van der Waals surface area contributed by atoms with Crippen LogP contribution in [0.5, 0.6) is 0 Å². The highest BCUT2D eigenvalue weighted by molar-refractivity contribution is 7.17. The molecule has 16 heavy (non-hydrogen) atoms. The van der Waals surface area contributed by atoms with Crippen LogP contribution in [0.3, 0.4) is 0 Å². The minimum atomic E-state index is 0.573. The molecule has 0 radical (unpaired) electrons. The van der Waals surface area contributed by atoms with Gasteiger partial charge in [0.1, 0.15) is 0 Å². The van der Waals surface area contributed by atoms with Crippen LogP contribution in [-0.4, -0.2) is 23.1 Å². The van der Waals surface area contributed by atoms with Gasteiger partial charge in [0.25, 0.3) is 0 Å². The molecule has 0 atom stereocenters. The Bertz CT molecular complexity index is 521. The van der Waals surface area contributed by atoms with Crippen LogP contribution in [0, 0.1) is 0 Å². The molecule has 1 aliphatic rings. The first kappa shape index (κ1) is 10.4. The fraction of sp³-hybridized carbons (Fsp3) is 0.538. The molecule has 0 saturated heterocycles. The molecule has 86 valence electrons. The van der Waals surface area contributed by atoms with E-state index in [9.17, 15) is 0 Å². The van der Waals surface area contributed by atoms with Gasteiger partial charge < -0.3 is 9.47 Å². The Kier molecular flexibility index (Phi) is 2.33. The van der Waals surface area contributed by atoms with Crippen molar-refractivity contribution in [2.24, 2.45) is 0 Å². The molecular weight excluding hydrogens is 216 g/mol. The molecule has 0 aliphatic carbocycles. The second-order valence-electron chi connectivity index (χ2n) is 5.01. The molecule has 2 aromatic rings. The fourth-order valence-electron chi connectivity index (χ4n) is 2.81. The molecule has 1 aliphatic heterocycles. The number of thiophene rings is 1. The lowest BCUT2D eigenvalue weighted by molar-refractivity contribution is 0.308. The SMILES string of the molecule is CC(C)n1c2c(c3sccc31)CN(C)CC2. The Balaban J connectivity index is 2.28. The Hall–Kier alpha value is -0.800. The average Bonchev–Trinajstić information content (AvgIpc) is 2.76. The molecule has 3 heteroatoms. The predicted octanol–water partition coefficient (Wildman–Crippen LogP) is 3.27. The van der Waals surface area contributed by atoms with Gasteiger partial charge in [0.2, 0.25) is 0 Å². The second-order valence-corrected chi connectivity index (χ2v) is 5.93. The van der Waals surface area contributed by atoms with Crippen LogP contribution in [0.15, 0.2) is 11.4 Å². The number of nitrogens with zero attached hydrogens (tertiary/aromatic N) is 2. The van der Waals surface area contributed by atoms with E-state index in [0.717, 1.165) is 6.54 Å². The third-order valence-electron chi connectivity index (χ3n) is 3.49. The quantitative estimate of drug-likeness (QED) is 0.735. The number of aromatic nitrogens is 1. The first-order valence-corrected chi connectivity index (χ1v) is 6.84. The van der Waals surface area contributed by atoms with Crippen LogP contribution < -0.4 is 0 Å². The lowest BCUT2D eigenvalue weighted by Crippen LogP contribution is -2.27. The summed E-state index contributed by atoms with van der Waals surface area (Å²) in [5, 5.41) is 2.22. The zero-order valence-corrected chi connectivity index (χ0v) is 11.0. The first-order valence-electron chi connectivity index (χ1n) is 5.96. The van der Waals surface area contributed by atoms with Crippen LogP contribution in [0.4, 0.5) is 0 Å². The molecule has 0 N–H and O–H groups in total. The zero-order chi connectivity index (χ0) is 11.3. The third kappa shape index (κ3) is 1.35. The maximum Gasteiger partial charge on any atom is 0.0597 e. The Morgan fingerprint density at radius 3 is 2.94 bits per heavy atom. The average molecular weight is 234 g/mol. The normalized spacial score (nSPS) is 17.2. The van der Waals surface area contributed by atoms with E-state index in [2.05, 4.69) is 41.8 Å². The minimum Gasteiger partial charge on any atom is -0.341 e. The molecule has 0 spiro atoms. The Morgan fingerprint density at radius 1 is 1.38 bits per heavy atom. The summed E-state index contributed by atoms with van der Waals surface area (Å²) in [4.78, 5) is 2.42. The van der Waals surface area contributed by atoms with Gasteiger partial charge in [-0.25, -0.2) is 0 Å². The number of hydrogen-bond donors (Lipinski definition) is 0. The van der Waals surface area contributed by atoms with Gasteiger partial charge in [0, 0.05) is 36.8 Å². The topological polar surface area (TPSA) is 8.17 Å². The molecule has 2 nitrogen and oxygen atoms in total. The van der Waals surface area contributed by atoms with Crippen molar-refractivity contribution in [3.63, 3.8) is 0 Å².